The van der Waals surface area contributed by atoms with E-state index in [1.54, 1.807) is 0 Å². The molecule has 0 radical (unpaired) electrons. The van der Waals surface area contributed by atoms with Crippen LogP contribution in [0.15, 0.2) is 0 Å². The van der Waals surface area contributed by atoms with Gasteiger partial charge in [-0.1, -0.05) is 19.3 Å². The number of nitrogens with one attached hydrogen (secondary N) is 3. The molecule has 118 valence electrons. The first kappa shape index (κ1) is 15.8. The maximum atomic E-state index is 11.7. The van der Waals surface area contributed by atoms with Crippen molar-refractivity contribution < 1.29 is 19.5 Å². The number of hydrogen-bond acceptors (Lipinski definition) is 4. The Morgan fingerprint density at radius 1 is 1.05 bits per heavy atom. The summed E-state index contributed by atoms with van der Waals surface area (Å²) in [6.45, 7) is -0.161. The number of carboxylic acids is 1. The normalized spacial score (nSPS) is 20.6. The Hall–Kier alpha value is -1.63. The van der Waals surface area contributed by atoms with E-state index in [1.807, 2.05) is 0 Å². The molecule has 7 nitrogen and oxygen atoms in total. The van der Waals surface area contributed by atoms with Crippen LogP contribution in [-0.4, -0.2) is 41.6 Å². The fourth-order valence-corrected chi connectivity index (χ4v) is 2.73. The molecule has 0 spiro atoms. The monoisotopic (exact) mass is 297 g/mol. The third kappa shape index (κ3) is 5.34. The molecule has 4 N–H and O–H groups in total. The van der Waals surface area contributed by atoms with E-state index >= 15 is 0 Å². The molecular formula is C14H23N3O4. The van der Waals surface area contributed by atoms with Gasteiger partial charge in [-0.2, -0.15) is 0 Å². The highest BCUT2D eigenvalue weighted by Gasteiger charge is 2.36. The highest BCUT2D eigenvalue weighted by molar-refractivity contribution is 5.95. The first-order valence-electron chi connectivity index (χ1n) is 7.63. The van der Waals surface area contributed by atoms with Crippen LogP contribution in [0.4, 0.5) is 4.79 Å². The number of amides is 3. The van der Waals surface area contributed by atoms with Crippen molar-refractivity contribution in [1.29, 1.82) is 0 Å². The Balaban J connectivity index is 1.65. The minimum absolute atomic E-state index is 0.103. The lowest BCUT2D eigenvalue weighted by atomic mass is 9.96. The van der Waals surface area contributed by atoms with Crippen molar-refractivity contribution in [3.8, 4) is 0 Å². The average Bonchev–Trinajstić information content (AvgIpc) is 3.24. The number of imide groups is 1. The number of carbonyl (C=O) groups excluding carboxylic acids is 2. The van der Waals surface area contributed by atoms with E-state index in [0.29, 0.717) is 0 Å². The second-order valence-electron chi connectivity index (χ2n) is 5.89. The van der Waals surface area contributed by atoms with E-state index in [-0.39, 0.29) is 18.5 Å². The largest absolute Gasteiger partial charge is 0.480 e. The Kier molecular flexibility index (Phi) is 5.55. The van der Waals surface area contributed by atoms with Crippen LogP contribution < -0.4 is 16.0 Å². The number of carbonyl (C=O) groups is 3. The molecule has 0 saturated heterocycles. The van der Waals surface area contributed by atoms with Gasteiger partial charge in [0.1, 0.15) is 6.04 Å². The Labute approximate surface area is 123 Å². The highest BCUT2D eigenvalue weighted by atomic mass is 16.4. The first-order chi connectivity index (χ1) is 10.1. The van der Waals surface area contributed by atoms with Crippen molar-refractivity contribution in [1.82, 2.24) is 16.0 Å². The number of aliphatic carboxylic acids is 1. The zero-order valence-electron chi connectivity index (χ0n) is 12.1. The molecule has 1 unspecified atom stereocenters. The van der Waals surface area contributed by atoms with E-state index in [9.17, 15) is 14.4 Å². The third-order valence-electron chi connectivity index (χ3n) is 4.04. The molecule has 0 aliphatic heterocycles. The van der Waals surface area contributed by atoms with Crippen molar-refractivity contribution in [2.24, 2.45) is 5.92 Å². The van der Waals surface area contributed by atoms with Gasteiger partial charge in [-0.15, -0.1) is 0 Å². The first-order valence-corrected chi connectivity index (χ1v) is 7.63. The van der Waals surface area contributed by atoms with Crippen LogP contribution in [0.5, 0.6) is 0 Å². The molecule has 1 atom stereocenters. The van der Waals surface area contributed by atoms with Crippen LogP contribution in [0.3, 0.4) is 0 Å². The molecule has 7 heteroatoms. The van der Waals surface area contributed by atoms with Crippen molar-refractivity contribution in [2.45, 2.75) is 57.0 Å². The van der Waals surface area contributed by atoms with E-state index in [4.69, 9.17) is 5.11 Å². The predicted octanol–water partition coefficient (Wildman–Crippen LogP) is 0.598. The lowest BCUT2D eigenvalue weighted by Crippen LogP contribution is -2.49. The molecule has 2 saturated carbocycles. The fourth-order valence-electron chi connectivity index (χ4n) is 2.73. The van der Waals surface area contributed by atoms with Crippen molar-refractivity contribution in [3.05, 3.63) is 0 Å². The van der Waals surface area contributed by atoms with Gasteiger partial charge in [0.05, 0.1) is 6.54 Å². The summed E-state index contributed by atoms with van der Waals surface area (Å²) in [6.07, 6.45) is 7.03. The van der Waals surface area contributed by atoms with Gasteiger partial charge in [-0.05, 0) is 31.6 Å². The molecule has 2 aliphatic carbocycles. The number of urea groups is 1. The standard InChI is InChI=1S/C14H23N3O4/c18-11(8-15-12(13(19)20)9-6-7-9)17-14(21)16-10-4-2-1-3-5-10/h9-10,12,15H,1-8H2,(H,19,20)(H2,16,17,18,21). The smallest absolute Gasteiger partial charge is 0.321 e. The summed E-state index contributed by atoms with van der Waals surface area (Å²) in [6, 6.07) is -1.05. The van der Waals surface area contributed by atoms with Crippen LogP contribution in [0.1, 0.15) is 44.9 Å². The molecule has 3 amide bonds. The molecule has 0 aromatic heterocycles. The minimum atomic E-state index is -0.947. The summed E-state index contributed by atoms with van der Waals surface area (Å²) in [5, 5.41) is 16.7. The molecule has 0 heterocycles. The summed E-state index contributed by atoms with van der Waals surface area (Å²) >= 11 is 0. The predicted molar refractivity (Wildman–Crippen MR) is 75.7 cm³/mol. The molecular weight excluding hydrogens is 274 g/mol. The van der Waals surface area contributed by atoms with Crippen LogP contribution >= 0.6 is 0 Å². The minimum Gasteiger partial charge on any atom is -0.480 e. The summed E-state index contributed by atoms with van der Waals surface area (Å²) in [7, 11) is 0. The van der Waals surface area contributed by atoms with E-state index in [0.717, 1.165) is 38.5 Å². The maximum Gasteiger partial charge on any atom is 0.321 e. The van der Waals surface area contributed by atoms with Gasteiger partial charge in [0.2, 0.25) is 5.91 Å². The van der Waals surface area contributed by atoms with E-state index < -0.39 is 23.9 Å². The van der Waals surface area contributed by atoms with Gasteiger partial charge in [-0.25, -0.2) is 4.79 Å². The summed E-state index contributed by atoms with van der Waals surface area (Å²) in [5.74, 6) is -1.35. The zero-order chi connectivity index (χ0) is 15.2. The van der Waals surface area contributed by atoms with Crippen LogP contribution in [0.2, 0.25) is 0 Å². The van der Waals surface area contributed by atoms with Gasteiger partial charge < -0.3 is 10.4 Å². The Morgan fingerprint density at radius 2 is 1.71 bits per heavy atom. The average molecular weight is 297 g/mol. The second-order valence-corrected chi connectivity index (χ2v) is 5.89. The van der Waals surface area contributed by atoms with Crippen LogP contribution in [-0.2, 0) is 9.59 Å². The van der Waals surface area contributed by atoms with Crippen molar-refractivity contribution in [3.63, 3.8) is 0 Å². The number of hydrogen-bond donors (Lipinski definition) is 4. The second kappa shape index (κ2) is 7.40. The Morgan fingerprint density at radius 3 is 2.29 bits per heavy atom. The fraction of sp³-hybridized carbons (Fsp3) is 0.786. The summed E-state index contributed by atoms with van der Waals surface area (Å²) in [4.78, 5) is 34.3. The van der Waals surface area contributed by atoms with Gasteiger partial charge in [0, 0.05) is 6.04 Å². The van der Waals surface area contributed by atoms with Gasteiger partial charge >= 0.3 is 12.0 Å². The molecule has 2 aliphatic rings. The topological polar surface area (TPSA) is 108 Å². The lowest BCUT2D eigenvalue weighted by Gasteiger charge is -2.22. The zero-order valence-corrected chi connectivity index (χ0v) is 12.1. The third-order valence-corrected chi connectivity index (χ3v) is 4.04. The van der Waals surface area contributed by atoms with Crippen LogP contribution in [0.25, 0.3) is 0 Å². The molecule has 21 heavy (non-hydrogen) atoms. The molecule has 2 fully saturated rings. The number of carboxylic acid groups (broad SMARTS) is 1. The van der Waals surface area contributed by atoms with Crippen molar-refractivity contribution >= 4 is 17.9 Å². The SMILES string of the molecule is O=C(CNC(C(=O)O)C1CC1)NC(=O)NC1CCCCC1. The maximum absolute atomic E-state index is 11.7. The lowest BCUT2D eigenvalue weighted by molar-refractivity contribution is -0.140. The molecule has 2 rings (SSSR count). The quantitative estimate of drug-likeness (QED) is 0.574. The molecule has 0 aromatic carbocycles. The van der Waals surface area contributed by atoms with Gasteiger partial charge in [0.25, 0.3) is 0 Å². The van der Waals surface area contributed by atoms with Gasteiger partial charge in [0.15, 0.2) is 0 Å². The highest BCUT2D eigenvalue weighted by Crippen LogP contribution is 2.32. The van der Waals surface area contributed by atoms with Crippen LogP contribution in [0, 0.1) is 5.92 Å². The summed E-state index contributed by atoms with van der Waals surface area (Å²) < 4.78 is 0. The number of rotatable bonds is 6. The van der Waals surface area contributed by atoms with Crippen molar-refractivity contribution in [2.75, 3.05) is 6.54 Å². The molecule has 0 aromatic rings. The van der Waals surface area contributed by atoms with Gasteiger partial charge in [-0.3, -0.25) is 20.2 Å². The van der Waals surface area contributed by atoms with E-state index in [2.05, 4.69) is 16.0 Å². The Bertz CT molecular complexity index is 403. The van der Waals surface area contributed by atoms with E-state index in [1.165, 1.54) is 6.42 Å². The molecule has 0 bridgehead atoms. The summed E-state index contributed by atoms with van der Waals surface area (Å²) in [5.41, 5.74) is 0.